The molecule has 3 aromatic rings. The number of carbonyl (C=O) groups is 1. The van der Waals surface area contributed by atoms with Gasteiger partial charge in [0.1, 0.15) is 5.69 Å². The summed E-state index contributed by atoms with van der Waals surface area (Å²) in [6.45, 7) is 4.16. The SMILES string of the molecule is CC(C)(Cn1cccc1)C(O)C(=O)Oc1cccnc1-c1ccccc1. The van der Waals surface area contributed by atoms with E-state index in [9.17, 15) is 9.90 Å². The van der Waals surface area contributed by atoms with E-state index >= 15 is 0 Å². The highest BCUT2D eigenvalue weighted by Gasteiger charge is 2.35. The second-order valence-corrected chi connectivity index (χ2v) is 6.88. The van der Waals surface area contributed by atoms with E-state index in [0.717, 1.165) is 5.56 Å². The van der Waals surface area contributed by atoms with E-state index < -0.39 is 17.5 Å². The third-order valence-electron chi connectivity index (χ3n) is 4.25. The van der Waals surface area contributed by atoms with Crippen LogP contribution in [0.1, 0.15) is 13.8 Å². The van der Waals surface area contributed by atoms with Gasteiger partial charge < -0.3 is 14.4 Å². The molecule has 0 saturated carbocycles. The van der Waals surface area contributed by atoms with Crippen LogP contribution in [0.2, 0.25) is 0 Å². The number of rotatable bonds is 6. The van der Waals surface area contributed by atoms with Crippen molar-refractivity contribution in [2.24, 2.45) is 5.41 Å². The Hall–Kier alpha value is -2.92. The topological polar surface area (TPSA) is 64.4 Å². The fourth-order valence-corrected chi connectivity index (χ4v) is 2.80. The Balaban J connectivity index is 1.78. The van der Waals surface area contributed by atoms with E-state index in [1.165, 1.54) is 0 Å². The molecule has 0 amide bonds. The highest BCUT2D eigenvalue weighted by atomic mass is 16.5. The quantitative estimate of drug-likeness (QED) is 0.691. The third kappa shape index (κ3) is 4.00. The number of aromatic nitrogens is 2. The van der Waals surface area contributed by atoms with Gasteiger partial charge >= 0.3 is 5.97 Å². The molecule has 0 radical (unpaired) electrons. The van der Waals surface area contributed by atoms with Crippen LogP contribution >= 0.6 is 0 Å². The van der Waals surface area contributed by atoms with Gasteiger partial charge in [-0.3, -0.25) is 4.98 Å². The zero-order valence-corrected chi connectivity index (χ0v) is 14.9. The number of hydrogen-bond donors (Lipinski definition) is 1. The van der Waals surface area contributed by atoms with Crippen molar-refractivity contribution in [3.63, 3.8) is 0 Å². The van der Waals surface area contributed by atoms with Gasteiger partial charge in [0, 0.05) is 36.1 Å². The van der Waals surface area contributed by atoms with E-state index in [1.807, 2.05) is 73.3 Å². The Morgan fingerprint density at radius 1 is 1.12 bits per heavy atom. The van der Waals surface area contributed by atoms with Crippen molar-refractivity contribution >= 4 is 5.97 Å². The normalized spacial score (nSPS) is 12.6. The van der Waals surface area contributed by atoms with Crippen molar-refractivity contribution in [3.8, 4) is 17.0 Å². The van der Waals surface area contributed by atoms with Crippen molar-refractivity contribution in [3.05, 3.63) is 73.2 Å². The van der Waals surface area contributed by atoms with Gasteiger partial charge in [-0.2, -0.15) is 0 Å². The minimum atomic E-state index is -1.27. The molecular weight excluding hydrogens is 328 g/mol. The van der Waals surface area contributed by atoms with Crippen LogP contribution in [0.4, 0.5) is 0 Å². The Kier molecular flexibility index (Phi) is 5.19. The van der Waals surface area contributed by atoms with Gasteiger partial charge in [-0.05, 0) is 24.3 Å². The summed E-state index contributed by atoms with van der Waals surface area (Å²) in [4.78, 5) is 16.9. The van der Waals surface area contributed by atoms with Gasteiger partial charge in [0.05, 0.1) is 0 Å². The van der Waals surface area contributed by atoms with Crippen molar-refractivity contribution in [2.75, 3.05) is 0 Å². The summed E-state index contributed by atoms with van der Waals surface area (Å²) in [6, 6.07) is 16.7. The second kappa shape index (κ2) is 7.54. The number of esters is 1. The number of aliphatic hydroxyl groups excluding tert-OH is 1. The molecule has 0 fully saturated rings. The summed E-state index contributed by atoms with van der Waals surface area (Å²) < 4.78 is 7.43. The summed E-state index contributed by atoms with van der Waals surface area (Å²) in [6.07, 6.45) is 4.17. The minimum Gasteiger partial charge on any atom is -0.422 e. The Bertz CT molecular complexity index is 858. The number of carbonyl (C=O) groups excluding carboxylic acids is 1. The molecule has 1 N–H and O–H groups in total. The highest BCUT2D eigenvalue weighted by molar-refractivity contribution is 5.80. The first-order chi connectivity index (χ1) is 12.5. The third-order valence-corrected chi connectivity index (χ3v) is 4.25. The molecule has 0 aliphatic carbocycles. The number of ether oxygens (including phenoxy) is 1. The van der Waals surface area contributed by atoms with Gasteiger partial charge in [-0.25, -0.2) is 4.79 Å². The zero-order chi connectivity index (χ0) is 18.6. The van der Waals surface area contributed by atoms with Crippen LogP contribution in [-0.4, -0.2) is 26.7 Å². The molecule has 0 bridgehead atoms. The van der Waals surface area contributed by atoms with E-state index in [2.05, 4.69) is 4.98 Å². The Morgan fingerprint density at radius 3 is 2.50 bits per heavy atom. The smallest absolute Gasteiger partial charge is 0.341 e. The molecule has 134 valence electrons. The molecule has 0 aliphatic rings. The molecule has 1 aromatic carbocycles. The van der Waals surface area contributed by atoms with E-state index in [4.69, 9.17) is 4.74 Å². The van der Waals surface area contributed by atoms with E-state index in [1.54, 1.807) is 18.3 Å². The standard InChI is InChI=1S/C21H22N2O3/c1-21(2,15-23-13-6-7-14-23)19(24)20(25)26-17-11-8-12-22-18(17)16-9-4-3-5-10-16/h3-14,19,24H,15H2,1-2H3. The molecule has 2 aromatic heterocycles. The average Bonchev–Trinajstić information content (AvgIpc) is 3.14. The molecule has 26 heavy (non-hydrogen) atoms. The fourth-order valence-electron chi connectivity index (χ4n) is 2.80. The van der Waals surface area contributed by atoms with E-state index in [-0.39, 0.29) is 0 Å². The molecule has 5 nitrogen and oxygen atoms in total. The first-order valence-electron chi connectivity index (χ1n) is 8.48. The van der Waals surface area contributed by atoms with Gasteiger partial charge in [0.15, 0.2) is 11.9 Å². The first-order valence-corrected chi connectivity index (χ1v) is 8.48. The summed E-state index contributed by atoms with van der Waals surface area (Å²) >= 11 is 0. The maximum absolute atomic E-state index is 12.6. The summed E-state index contributed by atoms with van der Waals surface area (Å²) in [5, 5.41) is 10.6. The average molecular weight is 350 g/mol. The maximum Gasteiger partial charge on any atom is 0.341 e. The minimum absolute atomic E-state index is 0.333. The maximum atomic E-state index is 12.6. The van der Waals surface area contributed by atoms with Gasteiger partial charge in [0.25, 0.3) is 0 Å². The van der Waals surface area contributed by atoms with Gasteiger partial charge in [-0.1, -0.05) is 44.2 Å². The van der Waals surface area contributed by atoms with Gasteiger partial charge in [0.2, 0.25) is 0 Å². The molecule has 0 saturated heterocycles. The van der Waals surface area contributed by atoms with Crippen LogP contribution in [-0.2, 0) is 11.3 Å². The number of nitrogens with zero attached hydrogens (tertiary/aromatic N) is 2. The van der Waals surface area contributed by atoms with Crippen LogP contribution in [0, 0.1) is 5.41 Å². The predicted molar refractivity (Wildman–Crippen MR) is 99.5 cm³/mol. The lowest BCUT2D eigenvalue weighted by atomic mass is 9.86. The molecule has 3 rings (SSSR count). The molecule has 1 atom stereocenters. The summed E-state index contributed by atoms with van der Waals surface area (Å²) in [5.41, 5.74) is 0.722. The lowest BCUT2D eigenvalue weighted by Crippen LogP contribution is -2.41. The van der Waals surface area contributed by atoms with Crippen LogP contribution < -0.4 is 4.74 Å². The van der Waals surface area contributed by atoms with Gasteiger partial charge in [-0.15, -0.1) is 0 Å². The lowest BCUT2D eigenvalue weighted by Gasteiger charge is -2.29. The van der Waals surface area contributed by atoms with Crippen molar-refractivity contribution in [1.82, 2.24) is 9.55 Å². The monoisotopic (exact) mass is 350 g/mol. The van der Waals surface area contributed by atoms with Crippen molar-refractivity contribution < 1.29 is 14.6 Å². The van der Waals surface area contributed by atoms with Crippen LogP contribution in [0.3, 0.4) is 0 Å². The first kappa shape index (κ1) is 17.9. The van der Waals surface area contributed by atoms with Crippen LogP contribution in [0.5, 0.6) is 5.75 Å². The lowest BCUT2D eigenvalue weighted by molar-refractivity contribution is -0.150. The summed E-state index contributed by atoms with van der Waals surface area (Å²) in [5.74, 6) is -0.355. The molecule has 2 heterocycles. The van der Waals surface area contributed by atoms with Crippen molar-refractivity contribution in [2.45, 2.75) is 26.5 Å². The predicted octanol–water partition coefficient (Wildman–Crippen LogP) is 3.54. The number of pyridine rings is 1. The molecule has 0 aliphatic heterocycles. The number of benzene rings is 1. The van der Waals surface area contributed by atoms with Crippen molar-refractivity contribution in [1.29, 1.82) is 0 Å². The summed E-state index contributed by atoms with van der Waals surface area (Å²) in [7, 11) is 0. The Labute approximate surface area is 152 Å². The second-order valence-electron chi connectivity index (χ2n) is 6.88. The number of hydrogen-bond acceptors (Lipinski definition) is 4. The van der Waals surface area contributed by atoms with E-state index in [0.29, 0.717) is 18.0 Å². The Morgan fingerprint density at radius 2 is 1.81 bits per heavy atom. The molecule has 5 heteroatoms. The molecular formula is C21H22N2O3. The van der Waals surface area contributed by atoms with Crippen LogP contribution in [0.15, 0.2) is 73.2 Å². The molecule has 1 unspecified atom stereocenters. The van der Waals surface area contributed by atoms with Crippen LogP contribution in [0.25, 0.3) is 11.3 Å². The number of aliphatic hydroxyl groups is 1. The largest absolute Gasteiger partial charge is 0.422 e. The highest BCUT2D eigenvalue weighted by Crippen LogP contribution is 2.29. The fraction of sp³-hybridized carbons (Fsp3) is 0.238. The zero-order valence-electron chi connectivity index (χ0n) is 14.9. The molecule has 0 spiro atoms.